The summed E-state index contributed by atoms with van der Waals surface area (Å²) in [5, 5.41) is 18.8. The molecule has 0 aliphatic rings. The van der Waals surface area contributed by atoms with E-state index in [0.29, 0.717) is 0 Å². The minimum atomic E-state index is 0. The van der Waals surface area contributed by atoms with E-state index in [-0.39, 0.29) is 78.7 Å². The second-order valence-corrected chi connectivity index (χ2v) is 0. The molecule has 8 heavy (non-hydrogen) atoms. The molecule has 0 amide bonds. The van der Waals surface area contributed by atoms with E-state index in [4.69, 9.17) is 35.5 Å². The molecule has 0 heterocycles. The predicted molar refractivity (Wildman–Crippen MR) is 20.7 cm³/mol. The van der Waals surface area contributed by atoms with Gasteiger partial charge in [-0.15, -0.1) is 0 Å². The molecule has 32 valence electrons. The molecule has 0 spiro atoms. The number of rotatable bonds is 0. The van der Waals surface area contributed by atoms with Crippen LogP contribution in [-0.4, -0.2) is 27.3 Å². The Kier molecular flexibility index (Phi) is 1680. The molecule has 0 aliphatic heterocycles. The summed E-state index contributed by atoms with van der Waals surface area (Å²) in [6.45, 7) is 14.2. The van der Waals surface area contributed by atoms with Crippen molar-refractivity contribution in [3.8, 4) is 0 Å². The summed E-state index contributed by atoms with van der Waals surface area (Å²) in [6.07, 6.45) is 0. The van der Waals surface area contributed by atoms with E-state index in [1.165, 1.54) is 0 Å². The van der Waals surface area contributed by atoms with Crippen LogP contribution in [0.5, 0.6) is 0 Å². The Bertz CT molecular complexity index is 43.0. The van der Waals surface area contributed by atoms with Crippen LogP contribution >= 0.6 is 0 Å². The van der Waals surface area contributed by atoms with Crippen molar-refractivity contribution in [1.29, 1.82) is 15.8 Å². The summed E-state index contributed by atoms with van der Waals surface area (Å²) < 4.78 is 0. The SMILES string of the molecule is [C-]#N.[C-]#N.[C-]#N.[K+].[Pb+2]. The van der Waals surface area contributed by atoms with E-state index in [1.807, 2.05) is 0 Å². The summed E-state index contributed by atoms with van der Waals surface area (Å²) in [4.78, 5) is 0. The molecule has 0 aromatic heterocycles. The third-order valence-electron chi connectivity index (χ3n) is 0. The maximum Gasteiger partial charge on any atom is 2.00 e. The summed E-state index contributed by atoms with van der Waals surface area (Å²) in [5.74, 6) is 0. The van der Waals surface area contributed by atoms with Crippen LogP contribution in [0.2, 0.25) is 0 Å². The average molecular weight is 324 g/mol. The van der Waals surface area contributed by atoms with Gasteiger partial charge in [0.25, 0.3) is 0 Å². The quantitative estimate of drug-likeness (QED) is 0.350. The largest absolute Gasteiger partial charge is 2.00 e. The van der Waals surface area contributed by atoms with Gasteiger partial charge in [-0.3, -0.25) is 0 Å². The smallest absolute Gasteiger partial charge is 0.512 e. The van der Waals surface area contributed by atoms with E-state index < -0.39 is 0 Å². The van der Waals surface area contributed by atoms with E-state index in [1.54, 1.807) is 0 Å². The monoisotopic (exact) mass is 325 g/mol. The fraction of sp³-hybridized carbons (Fsp3) is 0. The van der Waals surface area contributed by atoms with Gasteiger partial charge in [0.05, 0.1) is 0 Å². The van der Waals surface area contributed by atoms with Gasteiger partial charge < -0.3 is 35.5 Å². The maximum absolute atomic E-state index is 6.25. The Hall–Kier alpha value is 1.03. The van der Waals surface area contributed by atoms with Crippen LogP contribution in [0.3, 0.4) is 0 Å². The van der Waals surface area contributed by atoms with Crippen molar-refractivity contribution >= 4 is 27.3 Å². The molecule has 0 saturated carbocycles. The van der Waals surface area contributed by atoms with E-state index in [2.05, 4.69) is 0 Å². The molecule has 0 atom stereocenters. The van der Waals surface area contributed by atoms with Crippen LogP contribution in [0.4, 0.5) is 0 Å². The van der Waals surface area contributed by atoms with Gasteiger partial charge in [0.15, 0.2) is 0 Å². The Balaban J connectivity index is -0.00000000500. The predicted octanol–water partition coefficient (Wildman–Crippen LogP) is -3.09. The molecule has 0 aromatic carbocycles. The van der Waals surface area contributed by atoms with Gasteiger partial charge >= 0.3 is 78.7 Å². The third kappa shape index (κ3) is 241. The first-order chi connectivity index (χ1) is 3.00. The van der Waals surface area contributed by atoms with Crippen LogP contribution < -0.4 is 51.4 Å². The van der Waals surface area contributed by atoms with Gasteiger partial charge in [-0.05, 0) is 0 Å². The van der Waals surface area contributed by atoms with E-state index in [0.717, 1.165) is 0 Å². The molecular weight excluding hydrogens is 324 g/mol. The molecule has 0 rings (SSSR count). The summed E-state index contributed by atoms with van der Waals surface area (Å²) in [7, 11) is 0. The molecule has 0 aliphatic carbocycles. The van der Waals surface area contributed by atoms with Crippen LogP contribution in [0.1, 0.15) is 0 Å². The fourth-order valence-electron chi connectivity index (χ4n) is 0. The van der Waals surface area contributed by atoms with Crippen molar-refractivity contribution in [1.82, 2.24) is 0 Å². The van der Waals surface area contributed by atoms with Crippen molar-refractivity contribution in [2.24, 2.45) is 0 Å². The molecule has 0 bridgehead atoms. The fourth-order valence-corrected chi connectivity index (χ4v) is 0. The van der Waals surface area contributed by atoms with Crippen molar-refractivity contribution < 1.29 is 51.4 Å². The number of hydrogen-bond acceptors (Lipinski definition) is 3. The second kappa shape index (κ2) is 375. The first-order valence-electron chi connectivity index (χ1n) is 0.671. The third-order valence-corrected chi connectivity index (χ3v) is 0. The number of nitrogens with zero attached hydrogens (tertiary/aromatic N) is 3. The second-order valence-electron chi connectivity index (χ2n) is 0. The van der Waals surface area contributed by atoms with Crippen molar-refractivity contribution in [2.75, 3.05) is 0 Å². The Morgan fingerprint density at radius 1 is 0.625 bits per heavy atom. The zero-order valence-electron chi connectivity index (χ0n) is 4.34. The van der Waals surface area contributed by atoms with Crippen LogP contribution in [0.25, 0.3) is 0 Å². The zero-order valence-corrected chi connectivity index (χ0v) is 11.4. The molecule has 0 unspecified atom stereocenters. The molecule has 0 aromatic rings. The first-order valence-corrected chi connectivity index (χ1v) is 0.671. The van der Waals surface area contributed by atoms with Gasteiger partial charge in [0.1, 0.15) is 0 Å². The van der Waals surface area contributed by atoms with Crippen molar-refractivity contribution in [3.63, 3.8) is 0 Å². The van der Waals surface area contributed by atoms with Crippen molar-refractivity contribution in [2.45, 2.75) is 0 Å². The summed E-state index contributed by atoms with van der Waals surface area (Å²) in [5.41, 5.74) is 0. The Morgan fingerprint density at radius 3 is 0.625 bits per heavy atom. The topological polar surface area (TPSA) is 71.4 Å². The van der Waals surface area contributed by atoms with Crippen LogP contribution in [0, 0.1) is 35.5 Å². The van der Waals surface area contributed by atoms with E-state index >= 15 is 0 Å². The first kappa shape index (κ1) is 35.9. The van der Waals surface area contributed by atoms with Gasteiger partial charge in [-0.2, -0.15) is 0 Å². The van der Waals surface area contributed by atoms with E-state index in [9.17, 15) is 0 Å². The summed E-state index contributed by atoms with van der Waals surface area (Å²) in [6, 6.07) is 0. The van der Waals surface area contributed by atoms with Gasteiger partial charge in [-0.1, -0.05) is 0 Å². The molecule has 0 N–H and O–H groups in total. The Labute approximate surface area is 112 Å². The molecule has 0 saturated heterocycles. The minimum Gasteiger partial charge on any atom is -0.512 e. The van der Waals surface area contributed by atoms with Crippen LogP contribution in [0.15, 0.2) is 0 Å². The number of hydrogen-bond donors (Lipinski definition) is 0. The maximum atomic E-state index is 6.25. The van der Waals surface area contributed by atoms with Gasteiger partial charge in [0, 0.05) is 0 Å². The normalized spacial score (nSPS) is 0.750. The minimum absolute atomic E-state index is 0. The van der Waals surface area contributed by atoms with Gasteiger partial charge in [-0.25, -0.2) is 0 Å². The molecular formula is C3KN3Pb. The van der Waals surface area contributed by atoms with Crippen LogP contribution in [-0.2, 0) is 0 Å². The zero-order chi connectivity index (χ0) is 6.00. The molecule has 0 fully saturated rings. The van der Waals surface area contributed by atoms with Crippen molar-refractivity contribution in [3.05, 3.63) is 19.7 Å². The molecule has 3 nitrogen and oxygen atoms in total. The summed E-state index contributed by atoms with van der Waals surface area (Å²) >= 11 is 0. The standard InChI is InChI=1S/3CN.K.Pb/c3*1-2;;/q3*-1;+1;+2. The van der Waals surface area contributed by atoms with Gasteiger partial charge in [0.2, 0.25) is 0 Å². The molecule has 2 radical (unpaired) electrons. The average Bonchev–Trinajstić information content (AvgIpc) is 1.81. The molecule has 5 heteroatoms. The Morgan fingerprint density at radius 2 is 0.625 bits per heavy atom.